The summed E-state index contributed by atoms with van der Waals surface area (Å²) in [5.74, 6) is 0.849. The van der Waals surface area contributed by atoms with Crippen LogP contribution in [0.25, 0.3) is 0 Å². The molecule has 128 valence electrons. The molecule has 5 heteroatoms. The van der Waals surface area contributed by atoms with Gasteiger partial charge in [0, 0.05) is 9.92 Å². The highest BCUT2D eigenvalue weighted by Gasteiger charge is 2.17. The molecular weight excluding hydrogens is 342 g/mol. The zero-order valence-electron chi connectivity index (χ0n) is 13.9. The normalized spacial score (nSPS) is 11.8. The van der Waals surface area contributed by atoms with Gasteiger partial charge in [-0.15, -0.1) is 11.8 Å². The van der Waals surface area contributed by atoms with Crippen molar-refractivity contribution in [3.8, 4) is 5.75 Å². The van der Waals surface area contributed by atoms with Gasteiger partial charge in [-0.1, -0.05) is 36.2 Å². The van der Waals surface area contributed by atoms with Gasteiger partial charge in [-0.2, -0.15) is 0 Å². The van der Waals surface area contributed by atoms with Crippen molar-refractivity contribution in [3.05, 3.63) is 59.1 Å². The monoisotopic (exact) mass is 363 g/mol. The predicted octanol–water partition coefficient (Wildman–Crippen LogP) is 4.71. The van der Waals surface area contributed by atoms with E-state index in [1.54, 1.807) is 11.8 Å². The van der Waals surface area contributed by atoms with Crippen LogP contribution < -0.4 is 10.1 Å². The molecule has 0 radical (unpaired) electrons. The highest BCUT2D eigenvalue weighted by atomic mass is 35.5. The maximum absolute atomic E-state index is 12.3. The number of hydrogen-bond acceptors (Lipinski definition) is 3. The van der Waals surface area contributed by atoms with Crippen molar-refractivity contribution in [3.63, 3.8) is 0 Å². The number of aryl methyl sites for hydroxylation is 1. The minimum atomic E-state index is -0.120. The Morgan fingerprint density at radius 1 is 1.17 bits per heavy atom. The van der Waals surface area contributed by atoms with E-state index >= 15 is 0 Å². The zero-order chi connectivity index (χ0) is 17.4. The lowest BCUT2D eigenvalue weighted by Crippen LogP contribution is -2.35. The Hall–Kier alpha value is -1.65. The molecule has 0 aliphatic carbocycles. The smallest absolute Gasteiger partial charge is 0.233 e. The van der Waals surface area contributed by atoms with Crippen LogP contribution >= 0.6 is 23.4 Å². The maximum Gasteiger partial charge on any atom is 0.233 e. The molecule has 0 aliphatic rings. The van der Waals surface area contributed by atoms with Gasteiger partial charge in [0.25, 0.3) is 0 Å². The van der Waals surface area contributed by atoms with Crippen molar-refractivity contribution in [2.24, 2.45) is 0 Å². The molecule has 2 aromatic carbocycles. The zero-order valence-corrected chi connectivity index (χ0v) is 15.5. The Morgan fingerprint density at radius 2 is 1.83 bits per heavy atom. The summed E-state index contributed by atoms with van der Waals surface area (Å²) in [6.07, 6.45) is 0.762. The predicted molar refractivity (Wildman–Crippen MR) is 101 cm³/mol. The first-order chi connectivity index (χ1) is 11.6. The third-order valence-electron chi connectivity index (χ3n) is 3.45. The van der Waals surface area contributed by atoms with Crippen LogP contribution in [0, 0.1) is 6.92 Å². The average Bonchev–Trinajstić information content (AvgIpc) is 2.59. The summed E-state index contributed by atoms with van der Waals surface area (Å²) < 4.78 is 5.62. The van der Waals surface area contributed by atoms with Crippen LogP contribution in [0.4, 0.5) is 0 Å². The lowest BCUT2D eigenvalue weighted by atomic mass is 10.2. The highest BCUT2D eigenvalue weighted by molar-refractivity contribution is 8.00. The lowest BCUT2D eigenvalue weighted by Gasteiger charge is -2.15. The fourth-order valence-corrected chi connectivity index (χ4v) is 3.20. The molecule has 0 aromatic heterocycles. The quantitative estimate of drug-likeness (QED) is 0.545. The van der Waals surface area contributed by atoms with E-state index in [2.05, 4.69) is 5.32 Å². The summed E-state index contributed by atoms with van der Waals surface area (Å²) in [4.78, 5) is 13.3. The fraction of sp³-hybridized carbons (Fsp3) is 0.316. The van der Waals surface area contributed by atoms with Crippen LogP contribution in [0.15, 0.2) is 53.4 Å². The van der Waals surface area contributed by atoms with Crippen LogP contribution in [0.5, 0.6) is 5.75 Å². The molecule has 0 saturated heterocycles. The molecule has 0 unspecified atom stereocenters. The Labute approximate surface area is 152 Å². The molecule has 0 saturated carbocycles. The van der Waals surface area contributed by atoms with Crippen LogP contribution in [0.1, 0.15) is 18.9 Å². The minimum Gasteiger partial charge on any atom is -0.492 e. The number of carbonyl (C=O) groups is 1. The summed E-state index contributed by atoms with van der Waals surface area (Å²) in [6.45, 7) is 4.99. The van der Waals surface area contributed by atoms with Gasteiger partial charge in [-0.05, 0) is 49.7 Å². The number of ether oxygens (including phenoxy) is 1. The van der Waals surface area contributed by atoms with Crippen molar-refractivity contribution in [1.29, 1.82) is 0 Å². The summed E-state index contributed by atoms with van der Waals surface area (Å²) >= 11 is 7.44. The first-order valence-corrected chi connectivity index (χ1v) is 9.23. The number of hydrogen-bond donors (Lipinski definition) is 1. The van der Waals surface area contributed by atoms with Gasteiger partial charge < -0.3 is 10.1 Å². The van der Waals surface area contributed by atoms with E-state index in [4.69, 9.17) is 16.3 Å². The topological polar surface area (TPSA) is 38.3 Å². The van der Waals surface area contributed by atoms with E-state index in [0.29, 0.717) is 18.2 Å². The van der Waals surface area contributed by atoms with Crippen LogP contribution in [0.2, 0.25) is 5.02 Å². The molecule has 0 spiro atoms. The molecule has 0 aliphatic heterocycles. The lowest BCUT2D eigenvalue weighted by molar-refractivity contribution is -0.120. The molecule has 0 bridgehead atoms. The Bertz CT molecular complexity index is 643. The molecule has 1 atom stereocenters. The standard InChI is InChI=1S/C19H22ClNO2S/c1-3-18(24-17-10-6-15(20)7-11-17)19(22)21-12-13-23-16-8-4-14(2)5-9-16/h4-11,18H,3,12-13H2,1-2H3,(H,21,22)/t18-/m1/s1. The van der Waals surface area contributed by atoms with E-state index in [9.17, 15) is 4.79 Å². The van der Waals surface area contributed by atoms with Crippen molar-refractivity contribution < 1.29 is 9.53 Å². The second-order valence-electron chi connectivity index (χ2n) is 5.42. The number of carbonyl (C=O) groups excluding carboxylic acids is 1. The Balaban J connectivity index is 1.75. The van der Waals surface area contributed by atoms with E-state index in [-0.39, 0.29) is 11.2 Å². The van der Waals surface area contributed by atoms with Gasteiger partial charge in [-0.3, -0.25) is 4.79 Å². The number of nitrogens with one attached hydrogen (secondary N) is 1. The number of rotatable bonds is 8. The number of halogens is 1. The number of benzene rings is 2. The third-order valence-corrected chi connectivity index (χ3v) is 5.07. The molecule has 0 fully saturated rings. The van der Waals surface area contributed by atoms with Crippen molar-refractivity contribution in [2.45, 2.75) is 30.4 Å². The van der Waals surface area contributed by atoms with E-state index < -0.39 is 0 Å². The van der Waals surface area contributed by atoms with Gasteiger partial charge in [0.15, 0.2) is 0 Å². The highest BCUT2D eigenvalue weighted by Crippen LogP contribution is 2.26. The first kappa shape index (κ1) is 18.7. The van der Waals surface area contributed by atoms with E-state index in [1.807, 2.05) is 62.4 Å². The molecule has 3 nitrogen and oxygen atoms in total. The van der Waals surface area contributed by atoms with Gasteiger partial charge in [0.05, 0.1) is 11.8 Å². The molecule has 0 heterocycles. The largest absolute Gasteiger partial charge is 0.492 e. The van der Waals surface area contributed by atoms with Gasteiger partial charge in [-0.25, -0.2) is 0 Å². The van der Waals surface area contributed by atoms with Gasteiger partial charge >= 0.3 is 0 Å². The van der Waals surface area contributed by atoms with Crippen LogP contribution in [-0.4, -0.2) is 24.3 Å². The minimum absolute atomic E-state index is 0.0324. The van der Waals surface area contributed by atoms with E-state index in [0.717, 1.165) is 17.1 Å². The van der Waals surface area contributed by atoms with E-state index in [1.165, 1.54) is 5.56 Å². The molecule has 2 rings (SSSR count). The van der Waals surface area contributed by atoms with Crippen LogP contribution in [-0.2, 0) is 4.79 Å². The molecular formula is C19H22ClNO2S. The maximum atomic E-state index is 12.3. The summed E-state index contributed by atoms with van der Waals surface area (Å²) in [6, 6.07) is 15.4. The summed E-state index contributed by atoms with van der Waals surface area (Å²) in [5, 5.41) is 3.52. The second kappa shape index (κ2) is 9.60. The Kier molecular flexibility index (Phi) is 7.47. The molecule has 1 N–H and O–H groups in total. The van der Waals surface area contributed by atoms with Gasteiger partial charge in [0.1, 0.15) is 12.4 Å². The summed E-state index contributed by atoms with van der Waals surface area (Å²) in [5.41, 5.74) is 1.20. The molecule has 1 amide bonds. The van der Waals surface area contributed by atoms with Gasteiger partial charge in [0.2, 0.25) is 5.91 Å². The fourth-order valence-electron chi connectivity index (χ4n) is 2.09. The third kappa shape index (κ3) is 6.10. The molecule has 24 heavy (non-hydrogen) atoms. The van der Waals surface area contributed by atoms with Crippen LogP contribution in [0.3, 0.4) is 0 Å². The summed E-state index contributed by atoms with van der Waals surface area (Å²) in [7, 11) is 0. The second-order valence-corrected chi connectivity index (χ2v) is 7.13. The van der Waals surface area contributed by atoms with Crippen molar-refractivity contribution >= 4 is 29.3 Å². The average molecular weight is 364 g/mol. The number of thioether (sulfide) groups is 1. The SMILES string of the molecule is CC[C@@H](Sc1ccc(Cl)cc1)C(=O)NCCOc1ccc(C)cc1. The van der Waals surface area contributed by atoms with Crippen molar-refractivity contribution in [2.75, 3.05) is 13.2 Å². The molecule has 2 aromatic rings. The Morgan fingerprint density at radius 3 is 2.46 bits per heavy atom. The first-order valence-electron chi connectivity index (χ1n) is 7.98. The number of amides is 1. The van der Waals surface area contributed by atoms with Crippen molar-refractivity contribution in [1.82, 2.24) is 5.32 Å².